The van der Waals surface area contributed by atoms with Crippen LogP contribution in [0.15, 0.2) is 24.5 Å². The second kappa shape index (κ2) is 6.94. The van der Waals surface area contributed by atoms with Crippen molar-refractivity contribution in [2.24, 2.45) is 11.3 Å². The zero-order chi connectivity index (χ0) is 17.3. The molecule has 5 heteroatoms. The van der Waals surface area contributed by atoms with Crippen LogP contribution in [-0.4, -0.2) is 60.0 Å². The fourth-order valence-electron chi connectivity index (χ4n) is 4.95. The Morgan fingerprint density at radius 3 is 2.64 bits per heavy atom. The van der Waals surface area contributed by atoms with Crippen LogP contribution in [0.4, 0.5) is 0 Å². The van der Waals surface area contributed by atoms with E-state index in [1.54, 1.807) is 12.4 Å². The Balaban J connectivity index is 1.28. The molecule has 1 aliphatic carbocycles. The van der Waals surface area contributed by atoms with E-state index in [0.29, 0.717) is 29.9 Å². The highest BCUT2D eigenvalue weighted by Crippen LogP contribution is 2.43. The summed E-state index contributed by atoms with van der Waals surface area (Å²) in [6, 6.07) is 4.23. The lowest BCUT2D eigenvalue weighted by Crippen LogP contribution is -2.60. The number of hydrogen-bond acceptors (Lipinski definition) is 4. The molecule has 1 atom stereocenters. The van der Waals surface area contributed by atoms with Crippen molar-refractivity contribution < 1.29 is 9.53 Å². The highest BCUT2D eigenvalue weighted by Gasteiger charge is 2.52. The standard InChI is InChI=1S/C20H29N3O2/c1-22-13-20(11-17(22)12-25-18-7-9-21-10-8-18)14-23(15-20)19(24)16-5-3-2-4-6-16/h7-10,16-17H,2-6,11-15H2,1H3. The molecule has 0 aromatic carbocycles. The molecule has 3 heterocycles. The van der Waals surface area contributed by atoms with Gasteiger partial charge < -0.3 is 9.64 Å². The first-order valence-corrected chi connectivity index (χ1v) is 9.67. The largest absolute Gasteiger partial charge is 0.492 e. The van der Waals surface area contributed by atoms with E-state index < -0.39 is 0 Å². The third-order valence-corrected chi connectivity index (χ3v) is 6.29. The number of amides is 1. The minimum Gasteiger partial charge on any atom is -0.492 e. The van der Waals surface area contributed by atoms with E-state index in [1.807, 2.05) is 12.1 Å². The predicted octanol–water partition coefficient (Wildman–Crippen LogP) is 2.57. The van der Waals surface area contributed by atoms with Gasteiger partial charge in [0, 0.05) is 49.4 Å². The molecule has 2 aliphatic heterocycles. The molecule has 0 N–H and O–H groups in total. The molecule has 3 fully saturated rings. The Morgan fingerprint density at radius 2 is 1.92 bits per heavy atom. The van der Waals surface area contributed by atoms with Crippen LogP contribution in [0, 0.1) is 11.3 Å². The van der Waals surface area contributed by atoms with Crippen LogP contribution in [0.25, 0.3) is 0 Å². The van der Waals surface area contributed by atoms with Crippen LogP contribution >= 0.6 is 0 Å². The van der Waals surface area contributed by atoms with Gasteiger partial charge in [-0.25, -0.2) is 0 Å². The average Bonchev–Trinajstić information content (AvgIpc) is 2.97. The van der Waals surface area contributed by atoms with Crippen molar-refractivity contribution in [2.45, 2.75) is 44.6 Å². The van der Waals surface area contributed by atoms with Gasteiger partial charge in [0.15, 0.2) is 0 Å². The molecule has 0 bridgehead atoms. The van der Waals surface area contributed by atoms with E-state index in [4.69, 9.17) is 4.74 Å². The Bertz CT molecular complexity index is 594. The Kier molecular flexibility index (Phi) is 4.67. The van der Waals surface area contributed by atoms with Crippen LogP contribution in [0.5, 0.6) is 5.75 Å². The number of carbonyl (C=O) groups excluding carboxylic acids is 1. The van der Waals surface area contributed by atoms with Crippen molar-refractivity contribution in [1.82, 2.24) is 14.8 Å². The number of pyridine rings is 1. The molecule has 25 heavy (non-hydrogen) atoms. The number of rotatable bonds is 4. The van der Waals surface area contributed by atoms with Crippen molar-refractivity contribution in [3.63, 3.8) is 0 Å². The highest BCUT2D eigenvalue weighted by atomic mass is 16.5. The maximum atomic E-state index is 12.7. The lowest BCUT2D eigenvalue weighted by Gasteiger charge is -2.49. The molecule has 1 aromatic heterocycles. The highest BCUT2D eigenvalue weighted by molar-refractivity contribution is 5.80. The summed E-state index contributed by atoms with van der Waals surface area (Å²) in [5.41, 5.74) is 0.297. The molecule has 1 amide bonds. The fraction of sp³-hybridized carbons (Fsp3) is 0.700. The maximum absolute atomic E-state index is 12.7. The molecule has 0 radical (unpaired) electrons. The number of likely N-dealkylation sites (N-methyl/N-ethyl adjacent to an activating group) is 1. The molecule has 1 saturated carbocycles. The zero-order valence-corrected chi connectivity index (χ0v) is 15.2. The third-order valence-electron chi connectivity index (χ3n) is 6.29. The van der Waals surface area contributed by atoms with Crippen LogP contribution in [-0.2, 0) is 4.79 Å². The third kappa shape index (κ3) is 3.52. The maximum Gasteiger partial charge on any atom is 0.225 e. The molecular weight excluding hydrogens is 314 g/mol. The minimum atomic E-state index is 0.297. The number of carbonyl (C=O) groups is 1. The fourth-order valence-corrected chi connectivity index (χ4v) is 4.95. The van der Waals surface area contributed by atoms with E-state index >= 15 is 0 Å². The van der Waals surface area contributed by atoms with Gasteiger partial charge in [0.2, 0.25) is 5.91 Å². The monoisotopic (exact) mass is 343 g/mol. The lowest BCUT2D eigenvalue weighted by atomic mass is 9.76. The van der Waals surface area contributed by atoms with Crippen molar-refractivity contribution in [3.8, 4) is 5.75 Å². The first kappa shape index (κ1) is 16.8. The van der Waals surface area contributed by atoms with Crippen molar-refractivity contribution in [2.75, 3.05) is 33.3 Å². The second-order valence-corrected chi connectivity index (χ2v) is 8.30. The zero-order valence-electron chi connectivity index (χ0n) is 15.2. The van der Waals surface area contributed by atoms with Crippen molar-refractivity contribution in [1.29, 1.82) is 0 Å². The van der Waals surface area contributed by atoms with E-state index in [1.165, 1.54) is 19.3 Å². The SMILES string of the molecule is CN1CC2(CC1COc1ccncc1)CN(C(=O)C1CCCCC1)C2. The normalized spacial score (nSPS) is 26.6. The van der Waals surface area contributed by atoms with Crippen molar-refractivity contribution in [3.05, 3.63) is 24.5 Å². The minimum absolute atomic E-state index is 0.297. The summed E-state index contributed by atoms with van der Waals surface area (Å²) in [5.74, 6) is 1.60. The summed E-state index contributed by atoms with van der Waals surface area (Å²) in [6.45, 7) is 3.67. The first-order chi connectivity index (χ1) is 12.2. The van der Waals surface area contributed by atoms with Gasteiger partial charge in [0.05, 0.1) is 0 Å². The number of nitrogens with zero attached hydrogens (tertiary/aromatic N) is 3. The van der Waals surface area contributed by atoms with Crippen LogP contribution in [0.3, 0.4) is 0 Å². The van der Waals surface area contributed by atoms with Gasteiger partial charge in [0.25, 0.3) is 0 Å². The summed E-state index contributed by atoms with van der Waals surface area (Å²) in [4.78, 5) is 21.2. The number of likely N-dealkylation sites (tertiary alicyclic amines) is 2. The van der Waals surface area contributed by atoms with Crippen LogP contribution in [0.2, 0.25) is 0 Å². The summed E-state index contributed by atoms with van der Waals surface area (Å²) >= 11 is 0. The molecule has 1 aromatic rings. The van der Waals surface area contributed by atoms with E-state index in [9.17, 15) is 4.79 Å². The van der Waals surface area contributed by atoms with Crippen molar-refractivity contribution >= 4 is 5.91 Å². The quantitative estimate of drug-likeness (QED) is 0.843. The Hall–Kier alpha value is -1.62. The van der Waals surface area contributed by atoms with Gasteiger partial charge in [0.1, 0.15) is 12.4 Å². The Labute approximate surface area is 150 Å². The smallest absolute Gasteiger partial charge is 0.225 e. The summed E-state index contributed by atoms with van der Waals surface area (Å²) in [6.07, 6.45) is 10.6. The molecular formula is C20H29N3O2. The lowest BCUT2D eigenvalue weighted by molar-refractivity contribution is -0.148. The molecule has 2 saturated heterocycles. The first-order valence-electron chi connectivity index (χ1n) is 9.67. The summed E-state index contributed by atoms with van der Waals surface area (Å²) < 4.78 is 5.93. The van der Waals surface area contributed by atoms with Gasteiger partial charge >= 0.3 is 0 Å². The number of aromatic nitrogens is 1. The predicted molar refractivity (Wildman–Crippen MR) is 96.4 cm³/mol. The molecule has 1 unspecified atom stereocenters. The second-order valence-electron chi connectivity index (χ2n) is 8.30. The van der Waals surface area contributed by atoms with E-state index in [-0.39, 0.29) is 0 Å². The van der Waals surface area contributed by atoms with Gasteiger partial charge in [-0.15, -0.1) is 0 Å². The summed E-state index contributed by atoms with van der Waals surface area (Å²) in [7, 11) is 2.18. The topological polar surface area (TPSA) is 45.7 Å². The van der Waals surface area contributed by atoms with Crippen LogP contribution in [0.1, 0.15) is 38.5 Å². The molecule has 3 aliphatic rings. The number of hydrogen-bond donors (Lipinski definition) is 0. The van der Waals surface area contributed by atoms with Gasteiger partial charge in [-0.1, -0.05) is 19.3 Å². The molecule has 1 spiro atoms. The molecule has 136 valence electrons. The van der Waals surface area contributed by atoms with E-state index in [2.05, 4.69) is 21.8 Å². The molecule has 4 rings (SSSR count). The van der Waals surface area contributed by atoms with Crippen LogP contribution < -0.4 is 4.74 Å². The summed E-state index contributed by atoms with van der Waals surface area (Å²) in [5, 5.41) is 0. The average molecular weight is 343 g/mol. The molecule has 5 nitrogen and oxygen atoms in total. The number of ether oxygens (including phenoxy) is 1. The van der Waals surface area contributed by atoms with E-state index in [0.717, 1.165) is 44.6 Å². The van der Waals surface area contributed by atoms with Gasteiger partial charge in [-0.05, 0) is 38.4 Å². The Morgan fingerprint density at radius 1 is 1.20 bits per heavy atom. The van der Waals surface area contributed by atoms with Gasteiger partial charge in [-0.2, -0.15) is 0 Å². The van der Waals surface area contributed by atoms with Gasteiger partial charge in [-0.3, -0.25) is 14.7 Å².